The van der Waals surface area contributed by atoms with Gasteiger partial charge in [-0.05, 0) is 12.3 Å². The molecule has 0 aromatic heterocycles. The second-order valence-electron chi connectivity index (χ2n) is 4.31. The van der Waals surface area contributed by atoms with E-state index in [0.29, 0.717) is 25.4 Å². The number of nitrogens with two attached hydrogens (primary N) is 1. The van der Waals surface area contributed by atoms with Gasteiger partial charge < -0.3 is 10.6 Å². The van der Waals surface area contributed by atoms with E-state index in [9.17, 15) is 4.79 Å². The summed E-state index contributed by atoms with van der Waals surface area (Å²) in [6.45, 7) is 5.20. The molecular formula is C10H17N3O. The summed E-state index contributed by atoms with van der Waals surface area (Å²) in [5.41, 5.74) is 5.74. The van der Waals surface area contributed by atoms with Crippen LogP contribution in [0.25, 0.3) is 0 Å². The molecule has 1 rings (SSSR count). The molecule has 1 heterocycles. The zero-order chi connectivity index (χ0) is 10.7. The Balaban J connectivity index is 2.33. The van der Waals surface area contributed by atoms with Crippen LogP contribution < -0.4 is 5.73 Å². The van der Waals surface area contributed by atoms with E-state index in [1.54, 1.807) is 4.90 Å². The molecule has 1 aliphatic rings. The molecule has 0 aliphatic carbocycles. The molecule has 14 heavy (non-hydrogen) atoms. The average molecular weight is 195 g/mol. The normalized spacial score (nSPS) is 18.9. The summed E-state index contributed by atoms with van der Waals surface area (Å²) in [5.74, 6) is 0.442. The highest BCUT2D eigenvalue weighted by atomic mass is 16.2. The Morgan fingerprint density at radius 3 is 2.64 bits per heavy atom. The van der Waals surface area contributed by atoms with Gasteiger partial charge in [0.1, 0.15) is 0 Å². The highest BCUT2D eigenvalue weighted by Gasteiger charge is 2.33. The Morgan fingerprint density at radius 1 is 1.64 bits per heavy atom. The average Bonchev–Trinajstić information content (AvgIpc) is 2.00. The number of nitrogens with zero attached hydrogens (tertiary/aromatic N) is 2. The summed E-state index contributed by atoms with van der Waals surface area (Å²) in [4.78, 5) is 13.3. The monoisotopic (exact) mass is 195 g/mol. The summed E-state index contributed by atoms with van der Waals surface area (Å²) in [6.07, 6.45) is 0.715. The van der Waals surface area contributed by atoms with Crippen molar-refractivity contribution >= 4 is 5.91 Å². The van der Waals surface area contributed by atoms with Crippen LogP contribution >= 0.6 is 0 Å². The van der Waals surface area contributed by atoms with Gasteiger partial charge in [-0.1, -0.05) is 13.8 Å². The molecule has 0 unspecified atom stereocenters. The van der Waals surface area contributed by atoms with E-state index in [0.717, 1.165) is 0 Å². The Kier molecular flexibility index (Phi) is 3.48. The van der Waals surface area contributed by atoms with E-state index in [-0.39, 0.29) is 11.8 Å². The van der Waals surface area contributed by atoms with E-state index < -0.39 is 6.04 Å². The molecule has 1 fully saturated rings. The van der Waals surface area contributed by atoms with Crippen molar-refractivity contribution in [3.8, 4) is 6.07 Å². The van der Waals surface area contributed by atoms with Crippen LogP contribution in [0.4, 0.5) is 0 Å². The quantitative estimate of drug-likeness (QED) is 0.706. The van der Waals surface area contributed by atoms with Crippen molar-refractivity contribution in [3.63, 3.8) is 0 Å². The van der Waals surface area contributed by atoms with E-state index >= 15 is 0 Å². The standard InChI is InChI=1S/C10H17N3O/c1-7(2)3-9(12)10(14)13-5-8(4-11)6-13/h7-9H,3,5-6,12H2,1-2H3/t9-/m1/s1. The van der Waals surface area contributed by atoms with Gasteiger partial charge in [-0.15, -0.1) is 0 Å². The topological polar surface area (TPSA) is 70.1 Å². The van der Waals surface area contributed by atoms with Gasteiger partial charge in [0, 0.05) is 13.1 Å². The molecular weight excluding hydrogens is 178 g/mol. The predicted molar refractivity (Wildman–Crippen MR) is 53.1 cm³/mol. The van der Waals surface area contributed by atoms with Crippen molar-refractivity contribution in [1.29, 1.82) is 5.26 Å². The zero-order valence-corrected chi connectivity index (χ0v) is 8.73. The third-order valence-electron chi connectivity index (χ3n) is 2.42. The smallest absolute Gasteiger partial charge is 0.239 e. The molecule has 4 nitrogen and oxygen atoms in total. The molecule has 0 aromatic carbocycles. The molecule has 0 bridgehead atoms. The SMILES string of the molecule is CC(C)C[C@@H](N)C(=O)N1CC(C#N)C1. The molecule has 4 heteroatoms. The van der Waals surface area contributed by atoms with Crippen molar-refractivity contribution < 1.29 is 4.79 Å². The molecule has 1 amide bonds. The van der Waals surface area contributed by atoms with Gasteiger partial charge >= 0.3 is 0 Å². The van der Waals surface area contributed by atoms with Crippen LogP contribution in [-0.2, 0) is 4.79 Å². The lowest BCUT2D eigenvalue weighted by Crippen LogP contribution is -2.55. The van der Waals surface area contributed by atoms with Crippen LogP contribution in [-0.4, -0.2) is 29.9 Å². The minimum absolute atomic E-state index is 0.00907. The highest BCUT2D eigenvalue weighted by molar-refractivity contribution is 5.82. The van der Waals surface area contributed by atoms with Gasteiger partial charge in [-0.3, -0.25) is 4.79 Å². The van der Waals surface area contributed by atoms with Crippen molar-refractivity contribution in [2.24, 2.45) is 17.6 Å². The summed E-state index contributed by atoms with van der Waals surface area (Å²) < 4.78 is 0. The molecule has 2 N–H and O–H groups in total. The van der Waals surface area contributed by atoms with Gasteiger partial charge in [-0.2, -0.15) is 5.26 Å². The first-order chi connectivity index (χ1) is 6.54. The Morgan fingerprint density at radius 2 is 2.21 bits per heavy atom. The number of rotatable bonds is 3. The van der Waals surface area contributed by atoms with Crippen molar-refractivity contribution in [2.75, 3.05) is 13.1 Å². The first-order valence-corrected chi connectivity index (χ1v) is 4.98. The van der Waals surface area contributed by atoms with E-state index in [1.807, 2.05) is 13.8 Å². The maximum Gasteiger partial charge on any atom is 0.239 e. The Labute approximate surface area is 84.7 Å². The van der Waals surface area contributed by atoms with Crippen LogP contribution in [0, 0.1) is 23.2 Å². The molecule has 1 atom stereocenters. The first-order valence-electron chi connectivity index (χ1n) is 4.98. The summed E-state index contributed by atoms with van der Waals surface area (Å²) >= 11 is 0. The van der Waals surface area contributed by atoms with Crippen LogP contribution in [0.5, 0.6) is 0 Å². The van der Waals surface area contributed by atoms with Gasteiger partial charge in [-0.25, -0.2) is 0 Å². The largest absolute Gasteiger partial charge is 0.339 e. The molecule has 0 radical (unpaired) electrons. The van der Waals surface area contributed by atoms with Crippen LogP contribution in [0.3, 0.4) is 0 Å². The van der Waals surface area contributed by atoms with Gasteiger partial charge in [0.05, 0.1) is 18.0 Å². The number of nitriles is 1. The van der Waals surface area contributed by atoms with Crippen molar-refractivity contribution in [3.05, 3.63) is 0 Å². The third kappa shape index (κ3) is 2.46. The first kappa shape index (κ1) is 11.0. The van der Waals surface area contributed by atoms with Gasteiger partial charge in [0.15, 0.2) is 0 Å². The van der Waals surface area contributed by atoms with Crippen LogP contribution in [0.2, 0.25) is 0 Å². The summed E-state index contributed by atoms with van der Waals surface area (Å²) in [6, 6.07) is 1.74. The minimum Gasteiger partial charge on any atom is -0.339 e. The van der Waals surface area contributed by atoms with E-state index in [2.05, 4.69) is 6.07 Å². The fourth-order valence-electron chi connectivity index (χ4n) is 1.58. The van der Waals surface area contributed by atoms with Crippen molar-refractivity contribution in [2.45, 2.75) is 26.3 Å². The molecule has 78 valence electrons. The number of amides is 1. The third-order valence-corrected chi connectivity index (χ3v) is 2.42. The number of likely N-dealkylation sites (tertiary alicyclic amines) is 1. The van der Waals surface area contributed by atoms with Crippen LogP contribution in [0.1, 0.15) is 20.3 Å². The maximum atomic E-state index is 11.6. The molecule has 1 aliphatic heterocycles. The highest BCUT2D eigenvalue weighted by Crippen LogP contribution is 2.16. The van der Waals surface area contributed by atoms with E-state index in [1.165, 1.54) is 0 Å². The maximum absolute atomic E-state index is 11.6. The summed E-state index contributed by atoms with van der Waals surface area (Å²) in [5, 5.41) is 8.55. The van der Waals surface area contributed by atoms with Gasteiger partial charge in [0.2, 0.25) is 5.91 Å². The number of hydrogen-bond acceptors (Lipinski definition) is 3. The fourth-order valence-corrected chi connectivity index (χ4v) is 1.58. The Bertz CT molecular complexity index is 251. The molecule has 1 saturated heterocycles. The van der Waals surface area contributed by atoms with Crippen LogP contribution in [0.15, 0.2) is 0 Å². The zero-order valence-electron chi connectivity index (χ0n) is 8.73. The molecule has 0 aromatic rings. The van der Waals surface area contributed by atoms with Crippen molar-refractivity contribution in [1.82, 2.24) is 4.90 Å². The minimum atomic E-state index is -0.394. The molecule has 0 saturated carbocycles. The number of hydrogen-bond donors (Lipinski definition) is 1. The lowest BCUT2D eigenvalue weighted by atomic mass is 9.98. The fraction of sp³-hybridized carbons (Fsp3) is 0.800. The second-order valence-corrected chi connectivity index (χ2v) is 4.31. The van der Waals surface area contributed by atoms with E-state index in [4.69, 9.17) is 11.0 Å². The lowest BCUT2D eigenvalue weighted by molar-refractivity contribution is -0.138. The lowest BCUT2D eigenvalue weighted by Gasteiger charge is -2.37. The predicted octanol–water partition coefficient (Wildman–Crippen LogP) is 0.342. The number of carbonyl (C=O) groups is 1. The van der Waals surface area contributed by atoms with Gasteiger partial charge in [0.25, 0.3) is 0 Å². The Hall–Kier alpha value is -1.08. The number of carbonyl (C=O) groups excluding carboxylic acids is 1. The molecule has 0 spiro atoms. The summed E-state index contributed by atoms with van der Waals surface area (Å²) in [7, 11) is 0. The second kappa shape index (κ2) is 4.43.